The van der Waals surface area contributed by atoms with E-state index in [0.717, 1.165) is 18.4 Å². The van der Waals surface area contributed by atoms with Crippen molar-refractivity contribution in [1.29, 1.82) is 0 Å². The molecule has 1 unspecified atom stereocenters. The maximum absolute atomic E-state index is 12.4. The molecule has 0 saturated heterocycles. The van der Waals surface area contributed by atoms with Crippen molar-refractivity contribution in [3.63, 3.8) is 0 Å². The molecule has 0 aliphatic heterocycles. The zero-order valence-electron chi connectivity index (χ0n) is 14.1. The molecule has 2 rings (SSSR count). The van der Waals surface area contributed by atoms with Gasteiger partial charge in [-0.25, -0.2) is 0 Å². The highest BCUT2D eigenvalue weighted by Crippen LogP contribution is 2.23. The second-order valence-corrected chi connectivity index (χ2v) is 6.19. The zero-order chi connectivity index (χ0) is 16.8. The Morgan fingerprint density at radius 3 is 2.48 bits per heavy atom. The van der Waals surface area contributed by atoms with Gasteiger partial charge in [0.2, 0.25) is 0 Å². The molecule has 0 saturated carbocycles. The molecule has 23 heavy (non-hydrogen) atoms. The van der Waals surface area contributed by atoms with Crippen molar-refractivity contribution in [2.24, 2.45) is 11.7 Å². The van der Waals surface area contributed by atoms with Crippen LogP contribution >= 0.6 is 0 Å². The number of nitrogens with one attached hydrogen (secondary N) is 1. The van der Waals surface area contributed by atoms with E-state index in [1.54, 1.807) is 6.07 Å². The summed E-state index contributed by atoms with van der Waals surface area (Å²) in [6.45, 7) is 6.67. The van der Waals surface area contributed by atoms with Gasteiger partial charge in [0, 0.05) is 0 Å². The third-order valence-electron chi connectivity index (χ3n) is 3.95. The summed E-state index contributed by atoms with van der Waals surface area (Å²) in [7, 11) is 0. The summed E-state index contributed by atoms with van der Waals surface area (Å²) in [5, 5.41) is 3.10. The number of furan rings is 1. The minimum atomic E-state index is -0.134. The van der Waals surface area contributed by atoms with Crippen LogP contribution in [0.5, 0.6) is 0 Å². The van der Waals surface area contributed by atoms with Crippen LogP contribution in [-0.2, 0) is 13.0 Å². The van der Waals surface area contributed by atoms with E-state index >= 15 is 0 Å². The van der Waals surface area contributed by atoms with Crippen LogP contribution < -0.4 is 11.1 Å². The molecule has 0 spiro atoms. The van der Waals surface area contributed by atoms with Crippen LogP contribution in [0.3, 0.4) is 0 Å². The monoisotopic (exact) mass is 314 g/mol. The molecule has 0 aliphatic rings. The lowest BCUT2D eigenvalue weighted by Crippen LogP contribution is -2.31. The molecule has 0 aliphatic carbocycles. The van der Waals surface area contributed by atoms with Crippen LogP contribution in [0.25, 0.3) is 0 Å². The highest BCUT2D eigenvalue weighted by atomic mass is 16.3. The first-order valence-electron chi connectivity index (χ1n) is 8.22. The summed E-state index contributed by atoms with van der Waals surface area (Å²) >= 11 is 0. The van der Waals surface area contributed by atoms with Crippen molar-refractivity contribution >= 4 is 5.91 Å². The summed E-state index contributed by atoms with van der Waals surface area (Å²) in [6.07, 6.45) is 3.67. The van der Waals surface area contributed by atoms with E-state index in [-0.39, 0.29) is 17.9 Å². The van der Waals surface area contributed by atoms with Crippen LogP contribution in [0.2, 0.25) is 0 Å². The summed E-state index contributed by atoms with van der Waals surface area (Å²) in [6, 6.07) is 10.2. The molecule has 1 amide bonds. The average molecular weight is 314 g/mol. The average Bonchev–Trinajstić information content (AvgIpc) is 3.02. The van der Waals surface area contributed by atoms with E-state index in [9.17, 15) is 4.79 Å². The van der Waals surface area contributed by atoms with Crippen molar-refractivity contribution in [2.75, 3.05) is 0 Å². The maximum Gasteiger partial charge on any atom is 0.255 e. The quantitative estimate of drug-likeness (QED) is 0.816. The Morgan fingerprint density at radius 1 is 1.26 bits per heavy atom. The zero-order valence-corrected chi connectivity index (χ0v) is 14.1. The van der Waals surface area contributed by atoms with E-state index in [1.807, 2.05) is 0 Å². The molecule has 3 N–H and O–H groups in total. The van der Waals surface area contributed by atoms with Crippen LogP contribution in [0, 0.1) is 5.92 Å². The second kappa shape index (κ2) is 7.97. The lowest BCUT2D eigenvalue weighted by molar-refractivity contribution is 0.0925. The molecule has 4 nitrogen and oxygen atoms in total. The SMILES string of the molecule is CCCc1ccc(C(NC(=O)c2coc(CN)c2)C(C)C)cc1. The number of amides is 1. The molecule has 0 bridgehead atoms. The lowest BCUT2D eigenvalue weighted by atomic mass is 9.94. The van der Waals surface area contributed by atoms with Gasteiger partial charge in [-0.3, -0.25) is 4.79 Å². The molecule has 2 aromatic rings. The number of rotatable bonds is 7. The molecule has 1 aromatic heterocycles. The van der Waals surface area contributed by atoms with E-state index < -0.39 is 0 Å². The standard InChI is InChI=1S/C19H26N2O2/c1-4-5-14-6-8-15(9-7-14)18(13(2)3)21-19(22)16-10-17(11-20)23-12-16/h6-10,12-13,18H,4-5,11,20H2,1-3H3,(H,21,22). The molecular formula is C19H26N2O2. The minimum absolute atomic E-state index is 0.0330. The Bertz CT molecular complexity index is 629. The van der Waals surface area contributed by atoms with Crippen LogP contribution in [-0.4, -0.2) is 5.91 Å². The van der Waals surface area contributed by atoms with E-state index in [1.165, 1.54) is 11.8 Å². The van der Waals surface area contributed by atoms with Gasteiger partial charge in [0.15, 0.2) is 0 Å². The van der Waals surface area contributed by atoms with E-state index in [0.29, 0.717) is 17.9 Å². The normalized spacial score (nSPS) is 12.4. The van der Waals surface area contributed by atoms with Gasteiger partial charge < -0.3 is 15.5 Å². The first kappa shape index (κ1) is 17.3. The summed E-state index contributed by atoms with van der Waals surface area (Å²) in [5.41, 5.74) is 8.48. The fraction of sp³-hybridized carbons (Fsp3) is 0.421. The van der Waals surface area contributed by atoms with Gasteiger partial charge in [-0.2, -0.15) is 0 Å². The van der Waals surface area contributed by atoms with Gasteiger partial charge in [-0.1, -0.05) is 51.5 Å². The second-order valence-electron chi connectivity index (χ2n) is 6.19. The van der Waals surface area contributed by atoms with Gasteiger partial charge in [0.1, 0.15) is 12.0 Å². The predicted molar refractivity (Wildman–Crippen MR) is 92.1 cm³/mol. The van der Waals surface area contributed by atoms with Crippen LogP contribution in [0.1, 0.15) is 60.5 Å². The highest BCUT2D eigenvalue weighted by molar-refractivity contribution is 5.94. The van der Waals surface area contributed by atoms with Crippen LogP contribution in [0.4, 0.5) is 0 Å². The largest absolute Gasteiger partial charge is 0.467 e. The highest BCUT2D eigenvalue weighted by Gasteiger charge is 2.20. The fourth-order valence-corrected chi connectivity index (χ4v) is 2.65. The molecule has 124 valence electrons. The molecule has 1 heterocycles. The molecular weight excluding hydrogens is 288 g/mol. The van der Waals surface area contributed by atoms with Crippen molar-refractivity contribution in [1.82, 2.24) is 5.32 Å². The van der Waals surface area contributed by atoms with Gasteiger partial charge in [0.25, 0.3) is 5.91 Å². The van der Waals surface area contributed by atoms with Crippen molar-refractivity contribution < 1.29 is 9.21 Å². The number of benzene rings is 1. The number of carbonyl (C=O) groups excluding carboxylic acids is 1. The Hall–Kier alpha value is -2.07. The molecule has 4 heteroatoms. The Balaban J connectivity index is 2.13. The van der Waals surface area contributed by atoms with Crippen molar-refractivity contribution in [2.45, 2.75) is 46.2 Å². The van der Waals surface area contributed by atoms with Crippen molar-refractivity contribution in [3.05, 3.63) is 59.0 Å². The number of carbonyl (C=O) groups is 1. The topological polar surface area (TPSA) is 68.3 Å². The Kier molecular flexibility index (Phi) is 5.99. The van der Waals surface area contributed by atoms with E-state index in [4.69, 9.17) is 10.2 Å². The smallest absolute Gasteiger partial charge is 0.255 e. The molecule has 1 atom stereocenters. The minimum Gasteiger partial charge on any atom is -0.467 e. The van der Waals surface area contributed by atoms with Crippen LogP contribution in [0.15, 0.2) is 41.0 Å². The molecule has 1 aromatic carbocycles. The lowest BCUT2D eigenvalue weighted by Gasteiger charge is -2.23. The van der Waals surface area contributed by atoms with Gasteiger partial charge >= 0.3 is 0 Å². The van der Waals surface area contributed by atoms with Crippen molar-refractivity contribution in [3.8, 4) is 0 Å². The van der Waals surface area contributed by atoms with Gasteiger partial charge in [-0.15, -0.1) is 0 Å². The maximum atomic E-state index is 12.4. The Labute approximate surface area is 138 Å². The Morgan fingerprint density at radius 2 is 1.96 bits per heavy atom. The first-order chi connectivity index (χ1) is 11.0. The molecule has 0 radical (unpaired) electrons. The summed E-state index contributed by atoms with van der Waals surface area (Å²) in [5.74, 6) is 0.766. The molecule has 0 fully saturated rings. The predicted octanol–water partition coefficient (Wildman–Crippen LogP) is 3.82. The number of hydrogen-bond donors (Lipinski definition) is 2. The third kappa shape index (κ3) is 4.45. The number of hydrogen-bond acceptors (Lipinski definition) is 3. The summed E-state index contributed by atoms with van der Waals surface area (Å²) in [4.78, 5) is 12.4. The number of aryl methyl sites for hydroxylation is 1. The fourth-order valence-electron chi connectivity index (χ4n) is 2.65. The van der Waals surface area contributed by atoms with Gasteiger partial charge in [0.05, 0.1) is 18.2 Å². The van der Waals surface area contributed by atoms with E-state index in [2.05, 4.69) is 50.4 Å². The summed E-state index contributed by atoms with van der Waals surface area (Å²) < 4.78 is 5.24. The third-order valence-corrected chi connectivity index (χ3v) is 3.95. The first-order valence-corrected chi connectivity index (χ1v) is 8.22. The number of nitrogens with two attached hydrogens (primary N) is 1. The van der Waals surface area contributed by atoms with Gasteiger partial charge in [-0.05, 0) is 29.5 Å².